The van der Waals surface area contributed by atoms with Gasteiger partial charge in [-0.1, -0.05) is 0 Å². The van der Waals surface area contributed by atoms with E-state index >= 15 is 0 Å². The van der Waals surface area contributed by atoms with Crippen LogP contribution in [-0.2, 0) is 0 Å². The summed E-state index contributed by atoms with van der Waals surface area (Å²) in [5.41, 5.74) is 1.50. The fourth-order valence-corrected chi connectivity index (χ4v) is 20.4. The Kier molecular flexibility index (Phi) is 9.26. The van der Waals surface area contributed by atoms with Crippen molar-refractivity contribution >= 4 is 22.0 Å². The molecule has 2 nitrogen and oxygen atoms in total. The van der Waals surface area contributed by atoms with Crippen molar-refractivity contribution in [2.24, 2.45) is 0 Å². The Morgan fingerprint density at radius 3 is 2.08 bits per heavy atom. The molecule has 0 N–H and O–H groups in total. The summed E-state index contributed by atoms with van der Waals surface area (Å²) in [6.07, 6.45) is 15.4. The number of hydrogen-bond acceptors (Lipinski definition) is 2. The summed E-state index contributed by atoms with van der Waals surface area (Å²) in [7, 11) is 2.28. The summed E-state index contributed by atoms with van der Waals surface area (Å²) in [5, 5.41) is 0. The third-order valence-corrected chi connectivity index (χ3v) is 21.8. The summed E-state index contributed by atoms with van der Waals surface area (Å²) in [4.78, 5) is 7.31. The summed E-state index contributed by atoms with van der Waals surface area (Å²) < 4.78 is 6.35. The Balaban J connectivity index is 2.33. The fraction of sp³-hybridized carbons (Fsp3) is 0.773. The zero-order chi connectivity index (χ0) is 18.1. The molecule has 0 radical (unpaired) electrons. The van der Waals surface area contributed by atoms with Crippen LogP contribution in [0.3, 0.4) is 0 Å². The van der Waals surface area contributed by atoms with E-state index in [4.69, 9.17) is 4.98 Å². The molecule has 1 saturated heterocycles. The number of pyridine rings is 1. The van der Waals surface area contributed by atoms with Gasteiger partial charge in [0, 0.05) is 0 Å². The average Bonchev–Trinajstić information content (AvgIpc) is 3.07. The molecule has 0 saturated carbocycles. The number of rotatable bonds is 11. The van der Waals surface area contributed by atoms with Crippen molar-refractivity contribution in [3.63, 3.8) is 0 Å². The molecule has 0 spiro atoms. The maximum atomic E-state index is 4.78. The van der Waals surface area contributed by atoms with Crippen LogP contribution in [0.4, 0.5) is 0 Å². The van der Waals surface area contributed by atoms with Gasteiger partial charge in [-0.2, -0.15) is 0 Å². The Bertz CT molecular complexity index is 481. The number of nitrogens with zero attached hydrogens (tertiary/aromatic N) is 2. The first kappa shape index (κ1) is 21.2. The Morgan fingerprint density at radius 1 is 1.00 bits per heavy atom. The zero-order valence-electron chi connectivity index (χ0n) is 17.2. The van der Waals surface area contributed by atoms with Crippen LogP contribution in [-0.4, -0.2) is 41.9 Å². The number of aromatic nitrogens is 1. The first-order valence-electron chi connectivity index (χ1n) is 10.8. The minimum atomic E-state index is -2.33. The van der Waals surface area contributed by atoms with Gasteiger partial charge in [-0.3, -0.25) is 0 Å². The van der Waals surface area contributed by atoms with E-state index in [1.165, 1.54) is 76.8 Å². The molecule has 1 fully saturated rings. The SMILES string of the molecule is CCC[CH2][Sn]([CH2]CCC)([CH2]CCC)[c]1cncc([C@@H]2CCCN2C)c1. The van der Waals surface area contributed by atoms with Crippen molar-refractivity contribution in [3.8, 4) is 0 Å². The molecule has 1 aromatic heterocycles. The van der Waals surface area contributed by atoms with E-state index in [2.05, 4.69) is 51.2 Å². The van der Waals surface area contributed by atoms with Crippen molar-refractivity contribution in [2.75, 3.05) is 13.6 Å². The van der Waals surface area contributed by atoms with Gasteiger partial charge >= 0.3 is 161 Å². The van der Waals surface area contributed by atoms with Crippen LogP contribution in [0.5, 0.6) is 0 Å². The van der Waals surface area contributed by atoms with Crippen molar-refractivity contribution in [2.45, 2.75) is 91.5 Å². The molecule has 142 valence electrons. The Morgan fingerprint density at radius 2 is 1.60 bits per heavy atom. The molecule has 0 aromatic carbocycles. The first-order valence-corrected chi connectivity index (χ1v) is 18.3. The van der Waals surface area contributed by atoms with Crippen molar-refractivity contribution in [3.05, 3.63) is 24.0 Å². The Hall–Kier alpha value is -0.0913. The predicted octanol–water partition coefficient (Wildman–Crippen LogP) is 5.90. The van der Waals surface area contributed by atoms with E-state index in [1.54, 1.807) is 3.58 Å². The standard InChI is InChI=1S/C10H13N2.3C4H9.Sn/c1-12-7-3-5-10(12)9-4-2-6-11-8-9;3*1-3-4-2;/h4,6,8,10H,3,5,7H2,1H3;3*1,3-4H2,2H3;/t10-;;;;/m0..../s1. The average molecular weight is 451 g/mol. The first-order chi connectivity index (χ1) is 12.2. The topological polar surface area (TPSA) is 16.1 Å². The molecule has 3 heteroatoms. The molecule has 0 amide bonds. The predicted molar refractivity (Wildman–Crippen MR) is 113 cm³/mol. The fourth-order valence-electron chi connectivity index (χ4n) is 4.61. The van der Waals surface area contributed by atoms with Gasteiger partial charge in [0.2, 0.25) is 0 Å². The van der Waals surface area contributed by atoms with Crippen molar-refractivity contribution in [1.82, 2.24) is 9.88 Å². The molecule has 2 rings (SSSR count). The molecule has 25 heavy (non-hydrogen) atoms. The van der Waals surface area contributed by atoms with Crippen LogP contribution >= 0.6 is 0 Å². The van der Waals surface area contributed by atoms with Crippen LogP contribution in [0.2, 0.25) is 13.3 Å². The van der Waals surface area contributed by atoms with E-state index in [0.717, 1.165) is 0 Å². The third-order valence-electron chi connectivity index (χ3n) is 6.30. The quantitative estimate of drug-likeness (QED) is 0.390. The van der Waals surface area contributed by atoms with E-state index < -0.39 is 18.4 Å². The summed E-state index contributed by atoms with van der Waals surface area (Å²) in [6.45, 7) is 8.32. The van der Waals surface area contributed by atoms with Crippen LogP contribution < -0.4 is 3.58 Å². The molecule has 1 atom stereocenters. The summed E-state index contributed by atoms with van der Waals surface area (Å²) >= 11 is -2.33. The third kappa shape index (κ3) is 5.69. The normalized spacial score (nSPS) is 18.8. The van der Waals surface area contributed by atoms with Crippen molar-refractivity contribution < 1.29 is 0 Å². The molecular weight excluding hydrogens is 411 g/mol. The molecular formula is C22H40N2Sn. The molecule has 0 aliphatic carbocycles. The minimum absolute atomic E-state index is 0.611. The van der Waals surface area contributed by atoms with Gasteiger partial charge in [0.15, 0.2) is 0 Å². The molecule has 2 heterocycles. The number of likely N-dealkylation sites (tertiary alicyclic amines) is 1. The zero-order valence-corrected chi connectivity index (χ0v) is 20.0. The molecule has 0 bridgehead atoms. The van der Waals surface area contributed by atoms with Gasteiger partial charge in [0.05, 0.1) is 0 Å². The van der Waals surface area contributed by atoms with Gasteiger partial charge in [-0.25, -0.2) is 0 Å². The van der Waals surface area contributed by atoms with Gasteiger partial charge in [0.1, 0.15) is 0 Å². The van der Waals surface area contributed by atoms with Crippen LogP contribution in [0.15, 0.2) is 18.5 Å². The summed E-state index contributed by atoms with van der Waals surface area (Å²) in [6, 6.07) is 3.23. The van der Waals surface area contributed by atoms with Crippen LogP contribution in [0.1, 0.15) is 83.7 Å². The molecule has 1 aromatic rings. The van der Waals surface area contributed by atoms with Gasteiger partial charge in [-0.15, -0.1) is 0 Å². The number of unbranched alkanes of at least 4 members (excludes halogenated alkanes) is 3. The monoisotopic (exact) mass is 452 g/mol. The molecule has 1 aliphatic heterocycles. The van der Waals surface area contributed by atoms with Crippen molar-refractivity contribution in [1.29, 1.82) is 0 Å². The van der Waals surface area contributed by atoms with Gasteiger partial charge in [-0.05, 0) is 0 Å². The maximum absolute atomic E-state index is 4.78. The van der Waals surface area contributed by atoms with Crippen LogP contribution in [0, 0.1) is 0 Å². The second kappa shape index (κ2) is 10.9. The summed E-state index contributed by atoms with van der Waals surface area (Å²) in [5.74, 6) is 0. The van der Waals surface area contributed by atoms with E-state index in [0.29, 0.717) is 6.04 Å². The van der Waals surface area contributed by atoms with Gasteiger partial charge in [0.25, 0.3) is 0 Å². The van der Waals surface area contributed by atoms with E-state index in [1.807, 2.05) is 0 Å². The molecule has 0 unspecified atom stereocenters. The van der Waals surface area contributed by atoms with Gasteiger partial charge < -0.3 is 0 Å². The van der Waals surface area contributed by atoms with Crippen LogP contribution in [0.25, 0.3) is 0 Å². The Labute approximate surface area is 160 Å². The van der Waals surface area contributed by atoms with E-state index in [9.17, 15) is 0 Å². The second-order valence-electron chi connectivity index (χ2n) is 8.24. The second-order valence-corrected chi connectivity index (χ2v) is 21.5. The number of hydrogen-bond donors (Lipinski definition) is 0. The molecule has 1 aliphatic rings. The van der Waals surface area contributed by atoms with E-state index in [-0.39, 0.29) is 0 Å².